The van der Waals surface area contributed by atoms with Gasteiger partial charge in [-0.3, -0.25) is 0 Å². The monoisotopic (exact) mass is 320 g/mol. The largest absolute Gasteiger partial charge is 0.158 e. The summed E-state index contributed by atoms with van der Waals surface area (Å²) in [5.41, 5.74) is 0. The Morgan fingerprint density at radius 1 is 1.07 bits per heavy atom. The number of thiol groups is 1. The van der Waals surface area contributed by atoms with E-state index in [1.807, 2.05) is 0 Å². The lowest BCUT2D eigenvalue weighted by atomic mass is 10.2. The third-order valence-corrected chi connectivity index (χ3v) is 3.77. The van der Waals surface area contributed by atoms with E-state index in [1.165, 1.54) is 0 Å². The molecule has 0 saturated heterocycles. The number of hydrogen-bond donors (Lipinski definition) is 1. The molecule has 0 aromatic heterocycles. The molecule has 0 aromatic carbocycles. The summed E-state index contributed by atoms with van der Waals surface area (Å²) in [4.78, 5) is 0. The van der Waals surface area contributed by atoms with E-state index in [2.05, 4.69) is 15.9 Å². The number of rotatable bonds is 7. The van der Waals surface area contributed by atoms with Gasteiger partial charge >= 0.3 is 0 Å². The third kappa shape index (κ3) is 10.9. The van der Waals surface area contributed by atoms with E-state index in [9.17, 15) is 15.5 Å². The Hall–Kier alpha value is 0.840. The van der Waals surface area contributed by atoms with Gasteiger partial charge in [0.1, 0.15) is 0 Å². The summed E-state index contributed by atoms with van der Waals surface area (Å²) in [6, 6.07) is 0. The van der Waals surface area contributed by atoms with Gasteiger partial charge in [-0.2, -0.15) is 0 Å². The minimum absolute atomic E-state index is 0.230. The van der Waals surface area contributed by atoms with Crippen molar-refractivity contribution in [1.29, 1.82) is 0 Å². The van der Waals surface area contributed by atoms with Crippen LogP contribution in [0.4, 0.5) is 15.5 Å². The van der Waals surface area contributed by atoms with Crippen molar-refractivity contribution < 1.29 is 15.5 Å². The number of hydrogen-bond acceptors (Lipinski definition) is 0. The lowest BCUT2D eigenvalue weighted by molar-refractivity contribution is 0.489. The van der Waals surface area contributed by atoms with Crippen molar-refractivity contribution in [2.24, 2.45) is 0 Å². The Morgan fingerprint density at radius 2 is 1.64 bits per heavy atom. The zero-order valence-corrected chi connectivity index (χ0v) is 10.8. The summed E-state index contributed by atoms with van der Waals surface area (Å²) in [7, 11) is -7.39. The Kier molecular flexibility index (Phi) is 6.14. The molecule has 1 unspecified atom stereocenters. The predicted octanol–water partition coefficient (Wildman–Crippen LogP) is 5.16. The fourth-order valence-electron chi connectivity index (χ4n) is 1.03. The highest BCUT2D eigenvalue weighted by atomic mass is 79.9. The van der Waals surface area contributed by atoms with Crippen LogP contribution in [0.25, 0.3) is 0 Å². The van der Waals surface area contributed by atoms with E-state index < -0.39 is 21.8 Å². The van der Waals surface area contributed by atoms with Crippen LogP contribution in [0, 0.1) is 0 Å². The first-order valence-corrected chi connectivity index (χ1v) is 7.84. The van der Waals surface area contributed by atoms with Crippen LogP contribution in [-0.4, -0.2) is 16.5 Å². The smallest absolute Gasteiger partial charge is 0.127 e. The first-order valence-electron chi connectivity index (χ1n) is 4.29. The van der Waals surface area contributed by atoms with E-state index in [1.54, 1.807) is 0 Å². The van der Waals surface area contributed by atoms with Crippen LogP contribution >= 0.6 is 38.2 Å². The molecule has 90 valence electrons. The fraction of sp³-hybridized carbons (Fsp3) is 1.00. The minimum atomic E-state index is -7.39. The Bertz CT molecular complexity index is 164. The van der Waals surface area contributed by atoms with Gasteiger partial charge in [0.15, 0.2) is 10.7 Å². The molecular formula is C7H14BrClF4S. The predicted molar refractivity (Wildman–Crippen MR) is 60.2 cm³/mol. The molecule has 1 atom stereocenters. The fourth-order valence-corrected chi connectivity index (χ4v) is 2.99. The Labute approximate surface area is 96.0 Å². The van der Waals surface area contributed by atoms with Crippen LogP contribution in [-0.2, 0) is 0 Å². The molecule has 0 nitrogen and oxygen atoms in total. The van der Waals surface area contributed by atoms with E-state index in [-0.39, 0.29) is 6.42 Å². The summed E-state index contributed by atoms with van der Waals surface area (Å²) in [6.07, 6.45) is 2.58. The van der Waals surface area contributed by atoms with Crippen LogP contribution in [0.5, 0.6) is 0 Å². The van der Waals surface area contributed by atoms with Crippen molar-refractivity contribution in [1.82, 2.24) is 0 Å². The Balaban J connectivity index is 3.61. The van der Waals surface area contributed by atoms with Crippen LogP contribution in [0.3, 0.4) is 0 Å². The average molecular weight is 322 g/mol. The summed E-state index contributed by atoms with van der Waals surface area (Å²) >= 11 is 8.60. The van der Waals surface area contributed by atoms with Gasteiger partial charge in [0, 0.05) is 10.7 Å². The normalized spacial score (nSPS) is 17.4. The minimum Gasteiger partial charge on any atom is -0.127 e. The second-order valence-corrected chi connectivity index (χ2v) is 6.68. The van der Waals surface area contributed by atoms with Crippen LogP contribution < -0.4 is 0 Å². The van der Waals surface area contributed by atoms with Gasteiger partial charge < -0.3 is 0 Å². The molecule has 0 aliphatic rings. The molecule has 0 heterocycles. The molecule has 0 spiro atoms. The highest BCUT2D eigenvalue weighted by Crippen LogP contribution is 2.76. The van der Waals surface area contributed by atoms with E-state index >= 15 is 0 Å². The van der Waals surface area contributed by atoms with E-state index in [0.717, 1.165) is 18.2 Å². The SMILES string of the molecule is F[SH](F)(F)(F)CC(Cl)CCCCCBr. The van der Waals surface area contributed by atoms with Crippen molar-refractivity contribution in [3.05, 3.63) is 0 Å². The molecule has 0 radical (unpaired) electrons. The highest BCUT2D eigenvalue weighted by molar-refractivity contribution is 9.09. The molecule has 0 aliphatic carbocycles. The van der Waals surface area contributed by atoms with Gasteiger partial charge in [-0.15, -0.1) is 27.1 Å². The molecule has 0 fully saturated rings. The lowest BCUT2D eigenvalue weighted by Crippen LogP contribution is -2.11. The van der Waals surface area contributed by atoms with Crippen molar-refractivity contribution in [3.8, 4) is 0 Å². The average Bonchev–Trinajstić information content (AvgIpc) is 1.93. The molecule has 0 aromatic rings. The van der Waals surface area contributed by atoms with Gasteiger partial charge in [0.25, 0.3) is 0 Å². The summed E-state index contributed by atoms with van der Waals surface area (Å²) in [5, 5.41) is -0.272. The van der Waals surface area contributed by atoms with Gasteiger partial charge in [-0.05, 0) is 12.8 Å². The second-order valence-electron chi connectivity index (χ2n) is 3.18. The van der Waals surface area contributed by atoms with Crippen LogP contribution in [0.2, 0.25) is 0 Å². The summed E-state index contributed by atoms with van der Waals surface area (Å²) in [5.74, 6) is -1.44. The first-order chi connectivity index (χ1) is 6.21. The van der Waals surface area contributed by atoms with Gasteiger partial charge in [0.05, 0.1) is 5.75 Å². The lowest BCUT2D eigenvalue weighted by Gasteiger charge is -2.30. The maximum atomic E-state index is 11.9. The highest BCUT2D eigenvalue weighted by Gasteiger charge is 2.39. The molecule has 0 amide bonds. The Morgan fingerprint density at radius 3 is 2.07 bits per heavy atom. The standard InChI is InChI=1S/C7H14BrClF4S/c8-5-3-1-2-4-7(9)6-14(10,11,12)13/h7,14H,1-6H2. The molecular weight excluding hydrogens is 307 g/mol. The molecule has 0 aliphatic heterocycles. The topological polar surface area (TPSA) is 0 Å². The van der Waals surface area contributed by atoms with Crippen molar-refractivity contribution >= 4 is 38.2 Å². The molecule has 14 heavy (non-hydrogen) atoms. The quantitative estimate of drug-likeness (QED) is 0.285. The van der Waals surface area contributed by atoms with Gasteiger partial charge in [0.2, 0.25) is 0 Å². The first kappa shape index (κ1) is 14.8. The summed E-state index contributed by atoms with van der Waals surface area (Å²) in [6.45, 7) is 0. The molecule has 0 bridgehead atoms. The van der Waals surface area contributed by atoms with Crippen LogP contribution in [0.15, 0.2) is 0 Å². The van der Waals surface area contributed by atoms with Crippen molar-refractivity contribution in [2.45, 2.75) is 31.1 Å². The van der Waals surface area contributed by atoms with Crippen LogP contribution in [0.1, 0.15) is 25.7 Å². The zero-order chi connectivity index (χ0) is 11.3. The van der Waals surface area contributed by atoms with Gasteiger partial charge in [-0.25, -0.2) is 0 Å². The maximum absolute atomic E-state index is 11.9. The van der Waals surface area contributed by atoms with Gasteiger partial charge in [-0.1, -0.05) is 28.8 Å². The second kappa shape index (κ2) is 5.80. The zero-order valence-electron chi connectivity index (χ0n) is 7.53. The number of alkyl halides is 2. The number of halogens is 6. The molecule has 0 rings (SSSR count). The van der Waals surface area contributed by atoms with E-state index in [0.29, 0.717) is 6.42 Å². The molecule has 0 saturated carbocycles. The van der Waals surface area contributed by atoms with E-state index in [4.69, 9.17) is 11.6 Å². The number of unbranched alkanes of at least 4 members (excludes halogenated alkanes) is 2. The van der Waals surface area contributed by atoms with Crippen molar-refractivity contribution in [2.75, 3.05) is 11.1 Å². The third-order valence-electron chi connectivity index (χ3n) is 1.63. The summed E-state index contributed by atoms with van der Waals surface area (Å²) < 4.78 is 47.8. The maximum Gasteiger partial charge on any atom is 0.158 e. The molecule has 7 heteroatoms. The molecule has 0 N–H and O–H groups in total. The van der Waals surface area contributed by atoms with Crippen molar-refractivity contribution in [3.63, 3.8) is 0 Å².